The Bertz CT molecular complexity index is 695. The Morgan fingerprint density at radius 2 is 1.83 bits per heavy atom. The van der Waals surface area contributed by atoms with Gasteiger partial charge in [0.15, 0.2) is 0 Å². The maximum Gasteiger partial charge on any atom is 0.408 e. The minimum atomic E-state index is -0.942. The number of carbonyl (C=O) groups is 3. The summed E-state index contributed by atoms with van der Waals surface area (Å²) < 4.78 is 5.26. The van der Waals surface area contributed by atoms with Crippen molar-refractivity contribution in [3.63, 3.8) is 0 Å². The second-order valence-electron chi connectivity index (χ2n) is 6.91. The fourth-order valence-corrected chi connectivity index (χ4v) is 2.98. The van der Waals surface area contributed by atoms with E-state index in [2.05, 4.69) is 5.32 Å². The van der Waals surface area contributed by atoms with Gasteiger partial charge in [0.25, 0.3) is 11.8 Å². The van der Waals surface area contributed by atoms with Crippen LogP contribution in [0.5, 0.6) is 0 Å². The van der Waals surface area contributed by atoms with E-state index in [1.807, 2.05) is 0 Å². The summed E-state index contributed by atoms with van der Waals surface area (Å²) in [5.74, 6) is -0.540. The van der Waals surface area contributed by atoms with Crippen molar-refractivity contribution in [1.82, 2.24) is 15.3 Å². The fourth-order valence-electron chi connectivity index (χ4n) is 2.98. The molecule has 7 nitrogen and oxygen atoms in total. The molecule has 1 N–H and O–H groups in total. The van der Waals surface area contributed by atoms with E-state index in [4.69, 9.17) is 4.74 Å². The maximum atomic E-state index is 12.9. The summed E-state index contributed by atoms with van der Waals surface area (Å²) in [5.41, 5.74) is 0.247. The first kappa shape index (κ1) is 16.3. The molecular formula is C17H21N3O4. The highest BCUT2D eigenvalue weighted by molar-refractivity contribution is 6.02. The second-order valence-corrected chi connectivity index (χ2v) is 6.91. The average molecular weight is 331 g/mol. The Balaban J connectivity index is 1.97. The third-order valence-corrected chi connectivity index (χ3v) is 3.93. The first-order valence-electron chi connectivity index (χ1n) is 7.99. The number of ether oxygens (including phenoxy) is 1. The van der Waals surface area contributed by atoms with Crippen molar-refractivity contribution >= 4 is 17.9 Å². The van der Waals surface area contributed by atoms with E-state index < -0.39 is 17.7 Å². The van der Waals surface area contributed by atoms with Gasteiger partial charge < -0.3 is 10.1 Å². The van der Waals surface area contributed by atoms with Crippen LogP contribution in [0.4, 0.5) is 4.79 Å². The van der Waals surface area contributed by atoms with Gasteiger partial charge in [-0.25, -0.2) is 14.8 Å². The largest absolute Gasteiger partial charge is 0.444 e. The summed E-state index contributed by atoms with van der Waals surface area (Å²) in [5, 5.41) is 5.50. The predicted octanol–water partition coefficient (Wildman–Crippen LogP) is 1.86. The minimum Gasteiger partial charge on any atom is -0.444 e. The van der Waals surface area contributed by atoms with Crippen LogP contribution in [-0.2, 0) is 9.53 Å². The third-order valence-electron chi connectivity index (χ3n) is 3.93. The highest BCUT2D eigenvalue weighted by atomic mass is 16.6. The highest BCUT2D eigenvalue weighted by Gasteiger charge is 2.42. The highest BCUT2D eigenvalue weighted by Crippen LogP contribution is 2.29. The van der Waals surface area contributed by atoms with Crippen LogP contribution in [0.25, 0.3) is 0 Å². The summed E-state index contributed by atoms with van der Waals surface area (Å²) in [4.78, 5) is 37.8. The molecule has 3 rings (SSSR count). The van der Waals surface area contributed by atoms with E-state index in [1.54, 1.807) is 45.0 Å². The van der Waals surface area contributed by atoms with E-state index >= 15 is 0 Å². The van der Waals surface area contributed by atoms with Gasteiger partial charge in [-0.1, -0.05) is 18.2 Å². The van der Waals surface area contributed by atoms with Crippen LogP contribution in [0.3, 0.4) is 0 Å². The zero-order chi connectivity index (χ0) is 17.5. The molecule has 0 aliphatic carbocycles. The van der Waals surface area contributed by atoms with Gasteiger partial charge in [-0.3, -0.25) is 9.59 Å². The zero-order valence-corrected chi connectivity index (χ0v) is 14.0. The SMILES string of the molecule is CC(C)(C)OC(=O)NC1C(=O)N2CCCN2C(=O)c2ccccc21. The molecule has 0 spiro atoms. The number of hydrogen-bond acceptors (Lipinski definition) is 4. The van der Waals surface area contributed by atoms with Crippen molar-refractivity contribution in [3.05, 3.63) is 35.4 Å². The molecule has 1 fully saturated rings. The molecular weight excluding hydrogens is 310 g/mol. The van der Waals surface area contributed by atoms with Crippen molar-refractivity contribution in [2.45, 2.75) is 38.8 Å². The Morgan fingerprint density at radius 1 is 1.17 bits per heavy atom. The van der Waals surface area contributed by atoms with Gasteiger partial charge in [0.05, 0.1) is 0 Å². The van der Waals surface area contributed by atoms with Crippen LogP contribution >= 0.6 is 0 Å². The quantitative estimate of drug-likeness (QED) is 0.852. The molecule has 1 saturated heterocycles. The van der Waals surface area contributed by atoms with Gasteiger partial charge in [0.1, 0.15) is 11.6 Å². The standard InChI is InChI=1S/C17H21N3O4/c1-17(2,3)24-16(23)18-13-11-7-4-5-8-12(11)14(21)19-9-6-10-20(19)15(13)22/h4-5,7-8,13H,6,9-10H2,1-3H3,(H,18,23). The second kappa shape index (κ2) is 5.81. The fraction of sp³-hybridized carbons (Fsp3) is 0.471. The average Bonchev–Trinajstić information content (AvgIpc) is 2.96. The summed E-state index contributed by atoms with van der Waals surface area (Å²) in [7, 11) is 0. The van der Waals surface area contributed by atoms with E-state index in [1.165, 1.54) is 10.0 Å². The number of fused-ring (bicyclic) bond motifs is 2. The van der Waals surface area contributed by atoms with Crippen molar-refractivity contribution in [2.24, 2.45) is 0 Å². The van der Waals surface area contributed by atoms with Crippen molar-refractivity contribution < 1.29 is 19.1 Å². The number of nitrogens with zero attached hydrogens (tertiary/aromatic N) is 2. The van der Waals surface area contributed by atoms with Gasteiger partial charge >= 0.3 is 6.09 Å². The number of benzene rings is 1. The molecule has 0 saturated carbocycles. The molecule has 128 valence electrons. The van der Waals surface area contributed by atoms with Crippen LogP contribution in [0.2, 0.25) is 0 Å². The summed E-state index contributed by atoms with van der Waals surface area (Å²) in [6.45, 7) is 6.21. The van der Waals surface area contributed by atoms with Crippen molar-refractivity contribution in [1.29, 1.82) is 0 Å². The number of amides is 3. The van der Waals surface area contributed by atoms with Gasteiger partial charge in [0.2, 0.25) is 0 Å². The third kappa shape index (κ3) is 2.93. The topological polar surface area (TPSA) is 79.0 Å². The molecule has 0 radical (unpaired) electrons. The molecule has 2 aliphatic rings. The molecule has 1 unspecified atom stereocenters. The van der Waals surface area contributed by atoms with Crippen LogP contribution in [-0.4, -0.2) is 46.6 Å². The number of nitrogens with one attached hydrogen (secondary N) is 1. The van der Waals surface area contributed by atoms with Crippen LogP contribution in [0.1, 0.15) is 49.2 Å². The van der Waals surface area contributed by atoms with E-state index in [-0.39, 0.29) is 11.8 Å². The van der Waals surface area contributed by atoms with Crippen molar-refractivity contribution in [2.75, 3.05) is 13.1 Å². The maximum absolute atomic E-state index is 12.9. The lowest BCUT2D eigenvalue weighted by molar-refractivity contribution is -0.142. The number of hydrazine groups is 1. The van der Waals surface area contributed by atoms with Crippen LogP contribution in [0.15, 0.2) is 24.3 Å². The molecule has 2 aliphatic heterocycles. The zero-order valence-electron chi connectivity index (χ0n) is 14.0. The molecule has 3 amide bonds. The normalized spacial score (nSPS) is 20.4. The molecule has 1 aromatic carbocycles. The molecule has 0 bridgehead atoms. The molecule has 24 heavy (non-hydrogen) atoms. The van der Waals surface area contributed by atoms with E-state index in [0.717, 1.165) is 6.42 Å². The van der Waals surface area contributed by atoms with E-state index in [9.17, 15) is 14.4 Å². The summed E-state index contributed by atoms with van der Waals surface area (Å²) >= 11 is 0. The Hall–Kier alpha value is -2.57. The first-order chi connectivity index (χ1) is 11.3. The summed E-state index contributed by atoms with van der Waals surface area (Å²) in [6, 6.07) is 5.92. The Labute approximate surface area is 140 Å². The van der Waals surface area contributed by atoms with E-state index in [0.29, 0.717) is 24.2 Å². The van der Waals surface area contributed by atoms with Crippen LogP contribution < -0.4 is 5.32 Å². The monoisotopic (exact) mass is 331 g/mol. The Kier molecular flexibility index (Phi) is 3.95. The van der Waals surface area contributed by atoms with Gasteiger partial charge in [-0.05, 0) is 38.8 Å². The predicted molar refractivity (Wildman–Crippen MR) is 85.9 cm³/mol. The number of rotatable bonds is 1. The van der Waals surface area contributed by atoms with Gasteiger partial charge in [-0.2, -0.15) is 0 Å². The van der Waals surface area contributed by atoms with Gasteiger partial charge in [-0.15, -0.1) is 0 Å². The van der Waals surface area contributed by atoms with Gasteiger partial charge in [0, 0.05) is 18.7 Å². The van der Waals surface area contributed by atoms with Crippen LogP contribution in [0, 0.1) is 0 Å². The molecule has 1 aromatic rings. The molecule has 1 atom stereocenters. The van der Waals surface area contributed by atoms with Crippen molar-refractivity contribution in [3.8, 4) is 0 Å². The molecule has 2 heterocycles. The molecule has 0 aromatic heterocycles. The lowest BCUT2D eigenvalue weighted by Gasteiger charge is -2.28. The number of carbonyl (C=O) groups excluding carboxylic acids is 3. The minimum absolute atomic E-state index is 0.218. The number of hydrogen-bond donors (Lipinski definition) is 1. The lowest BCUT2D eigenvalue weighted by atomic mass is 9.99. The summed E-state index contributed by atoms with van der Waals surface area (Å²) in [6.07, 6.45) is 0.0365. The smallest absolute Gasteiger partial charge is 0.408 e. The lowest BCUT2D eigenvalue weighted by Crippen LogP contribution is -2.47. The Morgan fingerprint density at radius 3 is 2.54 bits per heavy atom. The number of alkyl carbamates (subject to hydrolysis) is 1. The first-order valence-corrected chi connectivity index (χ1v) is 7.99. The molecule has 7 heteroatoms.